The molecule has 0 unspecified atom stereocenters. The van der Waals surface area contributed by atoms with Gasteiger partial charge in [0.25, 0.3) is 10.2 Å². The molecule has 0 atom stereocenters. The molecule has 1 aliphatic rings. The van der Waals surface area contributed by atoms with Gasteiger partial charge in [-0.3, -0.25) is 9.59 Å². The van der Waals surface area contributed by atoms with E-state index in [0.717, 1.165) is 4.31 Å². The molecule has 0 spiro atoms. The molecule has 0 aromatic rings. The molecule has 0 radical (unpaired) electrons. The van der Waals surface area contributed by atoms with Gasteiger partial charge in [0.05, 0.1) is 13.0 Å². The molecule has 0 aromatic heterocycles. The normalized spacial score (nSPS) is 17.9. The summed E-state index contributed by atoms with van der Waals surface area (Å²) in [5.41, 5.74) is 0. The number of carboxylic acid groups (broad SMARTS) is 1. The van der Waals surface area contributed by atoms with Crippen LogP contribution in [0.15, 0.2) is 0 Å². The van der Waals surface area contributed by atoms with Crippen LogP contribution in [0.2, 0.25) is 0 Å². The molecule has 1 fully saturated rings. The van der Waals surface area contributed by atoms with Crippen LogP contribution in [0, 0.1) is 5.92 Å². The Morgan fingerprint density at radius 1 is 1.33 bits per heavy atom. The minimum Gasteiger partial charge on any atom is -0.481 e. The van der Waals surface area contributed by atoms with Gasteiger partial charge in [0.15, 0.2) is 0 Å². The Hall–Kier alpha value is -1.19. The summed E-state index contributed by atoms with van der Waals surface area (Å²) in [5.74, 6) is -1.50. The van der Waals surface area contributed by atoms with Gasteiger partial charge in [-0.1, -0.05) is 0 Å². The van der Waals surface area contributed by atoms with Crippen molar-refractivity contribution in [1.82, 2.24) is 8.61 Å². The average Bonchev–Trinajstić information content (AvgIpc) is 2.46. The van der Waals surface area contributed by atoms with Crippen molar-refractivity contribution in [3.8, 4) is 0 Å². The molecule has 0 aliphatic carbocycles. The van der Waals surface area contributed by atoms with E-state index in [0.29, 0.717) is 12.8 Å². The van der Waals surface area contributed by atoms with E-state index < -0.39 is 16.2 Å². The Bertz CT molecular complexity index is 470. The van der Waals surface area contributed by atoms with E-state index in [1.807, 2.05) is 0 Å². The number of methoxy groups -OCH3 is 1. The lowest BCUT2D eigenvalue weighted by Gasteiger charge is -2.32. The highest BCUT2D eigenvalue weighted by Gasteiger charge is 2.33. The zero-order chi connectivity index (χ0) is 16.0. The molecule has 9 heteroatoms. The van der Waals surface area contributed by atoms with Crippen LogP contribution in [-0.4, -0.2) is 67.9 Å². The highest BCUT2D eigenvalue weighted by atomic mass is 32.2. The maximum Gasteiger partial charge on any atom is 0.308 e. The van der Waals surface area contributed by atoms with Crippen molar-refractivity contribution in [1.29, 1.82) is 0 Å². The Labute approximate surface area is 124 Å². The van der Waals surface area contributed by atoms with Crippen molar-refractivity contribution in [2.45, 2.75) is 25.7 Å². The van der Waals surface area contributed by atoms with Crippen LogP contribution in [0.1, 0.15) is 25.7 Å². The number of nitrogens with zero attached hydrogens (tertiary/aromatic N) is 2. The summed E-state index contributed by atoms with van der Waals surface area (Å²) in [5, 5.41) is 8.56. The highest BCUT2D eigenvalue weighted by Crippen LogP contribution is 2.22. The predicted octanol–water partition coefficient (Wildman–Crippen LogP) is -0.0872. The van der Waals surface area contributed by atoms with E-state index in [-0.39, 0.29) is 44.4 Å². The fraction of sp³-hybridized carbons (Fsp3) is 0.833. The second kappa shape index (κ2) is 7.71. The predicted molar refractivity (Wildman–Crippen MR) is 74.7 cm³/mol. The summed E-state index contributed by atoms with van der Waals surface area (Å²) in [6, 6.07) is 0. The molecule has 1 heterocycles. The molecular weight excluding hydrogens is 300 g/mol. The van der Waals surface area contributed by atoms with Gasteiger partial charge in [0.2, 0.25) is 0 Å². The molecule has 0 saturated carbocycles. The van der Waals surface area contributed by atoms with E-state index >= 15 is 0 Å². The maximum atomic E-state index is 12.3. The van der Waals surface area contributed by atoms with Gasteiger partial charge in [-0.2, -0.15) is 17.0 Å². The van der Waals surface area contributed by atoms with E-state index in [9.17, 15) is 18.0 Å². The number of hydrogen-bond donors (Lipinski definition) is 1. The first-order chi connectivity index (χ1) is 9.78. The van der Waals surface area contributed by atoms with E-state index in [4.69, 9.17) is 5.11 Å². The molecule has 8 nitrogen and oxygen atoms in total. The molecule has 0 aromatic carbocycles. The molecule has 1 saturated heterocycles. The molecule has 1 aliphatic heterocycles. The Morgan fingerprint density at radius 3 is 2.38 bits per heavy atom. The lowest BCUT2D eigenvalue weighted by molar-refractivity contribution is -0.146. The zero-order valence-electron chi connectivity index (χ0n) is 12.3. The van der Waals surface area contributed by atoms with Crippen molar-refractivity contribution < 1.29 is 27.9 Å². The van der Waals surface area contributed by atoms with Gasteiger partial charge in [0, 0.05) is 33.1 Å². The van der Waals surface area contributed by atoms with Crippen LogP contribution in [0.5, 0.6) is 0 Å². The van der Waals surface area contributed by atoms with E-state index in [2.05, 4.69) is 4.74 Å². The summed E-state index contributed by atoms with van der Waals surface area (Å²) in [7, 11) is -0.839. The number of piperidine rings is 1. The Morgan fingerprint density at radius 2 is 1.90 bits per heavy atom. The number of carbonyl (C=O) groups excluding carboxylic acids is 1. The lowest BCUT2D eigenvalue weighted by atomic mass is 9.99. The summed E-state index contributed by atoms with van der Waals surface area (Å²) < 4.78 is 31.7. The fourth-order valence-corrected chi connectivity index (χ4v) is 3.68. The number of aliphatic carboxylic acids is 1. The van der Waals surface area contributed by atoms with Gasteiger partial charge < -0.3 is 9.84 Å². The standard InChI is InChI=1S/C12H22N2O6S/c1-13(7-3-4-11(15)16)21(18,19)14-8-5-10(6-9-14)12(17)20-2/h10H,3-9H2,1-2H3,(H,15,16). The topological polar surface area (TPSA) is 104 Å². The highest BCUT2D eigenvalue weighted by molar-refractivity contribution is 7.86. The Kier molecular flexibility index (Phi) is 6.56. The SMILES string of the molecule is COC(=O)C1CCN(S(=O)(=O)N(C)CCCC(=O)O)CC1. The van der Waals surface area contributed by atoms with Crippen LogP contribution >= 0.6 is 0 Å². The zero-order valence-corrected chi connectivity index (χ0v) is 13.1. The van der Waals surface area contributed by atoms with Gasteiger partial charge >= 0.3 is 11.9 Å². The summed E-state index contributed by atoms with van der Waals surface area (Å²) in [4.78, 5) is 21.8. The van der Waals surface area contributed by atoms with Gasteiger partial charge in [0.1, 0.15) is 0 Å². The minimum absolute atomic E-state index is 0.0652. The van der Waals surface area contributed by atoms with Crippen LogP contribution in [0.4, 0.5) is 0 Å². The smallest absolute Gasteiger partial charge is 0.308 e. The van der Waals surface area contributed by atoms with Crippen molar-refractivity contribution in [2.24, 2.45) is 5.92 Å². The quantitative estimate of drug-likeness (QED) is 0.657. The fourth-order valence-electron chi connectivity index (χ4n) is 2.25. The van der Waals surface area contributed by atoms with Crippen LogP contribution in [0.3, 0.4) is 0 Å². The molecule has 1 N–H and O–H groups in total. The Balaban J connectivity index is 2.52. The van der Waals surface area contributed by atoms with Crippen LogP contribution < -0.4 is 0 Å². The number of rotatable bonds is 7. The maximum absolute atomic E-state index is 12.3. The summed E-state index contributed by atoms with van der Waals surface area (Å²) >= 11 is 0. The number of carboxylic acids is 1. The van der Waals surface area contributed by atoms with E-state index in [1.165, 1.54) is 18.5 Å². The first-order valence-corrected chi connectivity index (χ1v) is 8.19. The van der Waals surface area contributed by atoms with Gasteiger partial charge in [-0.05, 0) is 19.3 Å². The first-order valence-electron chi connectivity index (χ1n) is 6.80. The number of carbonyl (C=O) groups is 2. The largest absolute Gasteiger partial charge is 0.481 e. The monoisotopic (exact) mass is 322 g/mol. The third kappa shape index (κ3) is 4.94. The second-order valence-corrected chi connectivity index (χ2v) is 7.06. The van der Waals surface area contributed by atoms with Gasteiger partial charge in [-0.15, -0.1) is 0 Å². The minimum atomic E-state index is -3.59. The third-order valence-electron chi connectivity index (χ3n) is 3.57. The number of ether oxygens (including phenoxy) is 1. The number of esters is 1. The van der Waals surface area contributed by atoms with Gasteiger partial charge in [-0.25, -0.2) is 0 Å². The van der Waals surface area contributed by atoms with Crippen molar-refractivity contribution >= 4 is 22.1 Å². The molecule has 1 rings (SSSR count). The average molecular weight is 322 g/mol. The second-order valence-electron chi connectivity index (χ2n) is 5.02. The van der Waals surface area contributed by atoms with Crippen molar-refractivity contribution in [3.05, 3.63) is 0 Å². The number of hydrogen-bond acceptors (Lipinski definition) is 5. The van der Waals surface area contributed by atoms with E-state index in [1.54, 1.807) is 0 Å². The van der Waals surface area contributed by atoms with Crippen molar-refractivity contribution in [3.63, 3.8) is 0 Å². The molecule has 0 bridgehead atoms. The lowest BCUT2D eigenvalue weighted by Crippen LogP contribution is -2.47. The molecule has 21 heavy (non-hydrogen) atoms. The third-order valence-corrected chi connectivity index (χ3v) is 5.56. The molecule has 0 amide bonds. The molecular formula is C12H22N2O6S. The first kappa shape index (κ1) is 17.9. The summed E-state index contributed by atoms with van der Waals surface area (Å²) in [6.45, 7) is 0.697. The van der Waals surface area contributed by atoms with Crippen LogP contribution in [-0.2, 0) is 24.5 Å². The molecule has 122 valence electrons. The van der Waals surface area contributed by atoms with Crippen LogP contribution in [0.25, 0.3) is 0 Å². The van der Waals surface area contributed by atoms with Crippen molar-refractivity contribution in [2.75, 3.05) is 33.8 Å². The summed E-state index contributed by atoms with van der Waals surface area (Å²) in [6.07, 6.45) is 1.08.